The van der Waals surface area contributed by atoms with Crippen molar-refractivity contribution < 1.29 is 14.3 Å². The van der Waals surface area contributed by atoms with E-state index in [1.807, 2.05) is 13.0 Å². The second-order valence-electron chi connectivity index (χ2n) is 4.50. The number of pyridine rings is 1. The highest BCUT2D eigenvalue weighted by atomic mass is 16.5. The van der Waals surface area contributed by atoms with E-state index in [4.69, 9.17) is 9.47 Å². The quantitative estimate of drug-likeness (QED) is 0.772. The number of carbonyl (C=O) groups is 1. The van der Waals surface area contributed by atoms with Crippen LogP contribution in [0.25, 0.3) is 0 Å². The van der Waals surface area contributed by atoms with Crippen molar-refractivity contribution >= 4 is 5.97 Å². The molecule has 0 saturated carbocycles. The molecule has 1 atom stereocenters. The van der Waals surface area contributed by atoms with E-state index in [1.165, 1.54) is 0 Å². The highest BCUT2D eigenvalue weighted by molar-refractivity contribution is 5.90. The topological polar surface area (TPSA) is 48.4 Å². The van der Waals surface area contributed by atoms with Crippen LogP contribution < -0.4 is 0 Å². The van der Waals surface area contributed by atoms with Crippen LogP contribution in [0.15, 0.2) is 6.07 Å². The first-order chi connectivity index (χ1) is 8.67. The summed E-state index contributed by atoms with van der Waals surface area (Å²) in [4.78, 5) is 16.4. The zero-order chi connectivity index (χ0) is 13.1. The molecule has 18 heavy (non-hydrogen) atoms. The Hall–Kier alpha value is -1.42. The fourth-order valence-electron chi connectivity index (χ4n) is 2.40. The Morgan fingerprint density at radius 2 is 2.33 bits per heavy atom. The molecule has 1 aliphatic carbocycles. The summed E-state index contributed by atoms with van der Waals surface area (Å²) in [5.74, 6) is -0.287. The summed E-state index contributed by atoms with van der Waals surface area (Å²) in [5, 5.41) is 0. The molecule has 1 heterocycles. The van der Waals surface area contributed by atoms with Crippen LogP contribution in [0.2, 0.25) is 0 Å². The predicted octanol–water partition coefficient (Wildman–Crippen LogP) is 2.59. The van der Waals surface area contributed by atoms with Crippen molar-refractivity contribution in [1.82, 2.24) is 4.98 Å². The molecule has 1 unspecified atom stereocenters. The Morgan fingerprint density at radius 3 is 3.00 bits per heavy atom. The van der Waals surface area contributed by atoms with Crippen molar-refractivity contribution in [3.05, 3.63) is 28.6 Å². The summed E-state index contributed by atoms with van der Waals surface area (Å²) in [7, 11) is 1.70. The van der Waals surface area contributed by atoms with Gasteiger partial charge in [-0.25, -0.2) is 4.79 Å². The fraction of sp³-hybridized carbons (Fsp3) is 0.571. The van der Waals surface area contributed by atoms with E-state index < -0.39 is 0 Å². The molecular formula is C14H19NO3. The lowest BCUT2D eigenvalue weighted by Gasteiger charge is -2.24. The molecule has 0 bridgehead atoms. The second kappa shape index (κ2) is 5.48. The van der Waals surface area contributed by atoms with Gasteiger partial charge >= 0.3 is 5.97 Å². The largest absolute Gasteiger partial charge is 0.462 e. The Bertz CT molecular complexity index is 457. The molecule has 0 spiro atoms. The molecule has 1 aromatic rings. The molecule has 0 amide bonds. The zero-order valence-electron chi connectivity index (χ0n) is 11.2. The molecule has 98 valence electrons. The lowest BCUT2D eigenvalue weighted by atomic mass is 9.92. The molecule has 4 nitrogen and oxygen atoms in total. The van der Waals surface area contributed by atoms with Gasteiger partial charge in [-0.15, -0.1) is 0 Å². The number of aryl methyl sites for hydroxylation is 2. The monoisotopic (exact) mass is 249 g/mol. The molecular weight excluding hydrogens is 230 g/mol. The van der Waals surface area contributed by atoms with Crippen LogP contribution >= 0.6 is 0 Å². The van der Waals surface area contributed by atoms with Gasteiger partial charge in [-0.3, -0.25) is 4.98 Å². The number of hydrogen-bond acceptors (Lipinski definition) is 4. The van der Waals surface area contributed by atoms with Gasteiger partial charge in [0.05, 0.1) is 29.7 Å². The van der Waals surface area contributed by atoms with Crippen LogP contribution in [-0.4, -0.2) is 24.7 Å². The van der Waals surface area contributed by atoms with Crippen LogP contribution in [0, 0.1) is 6.92 Å². The van der Waals surface area contributed by atoms with E-state index in [9.17, 15) is 4.79 Å². The Balaban J connectivity index is 2.39. The maximum absolute atomic E-state index is 11.8. The summed E-state index contributed by atoms with van der Waals surface area (Å²) in [6.07, 6.45) is 3.07. The summed E-state index contributed by atoms with van der Waals surface area (Å²) >= 11 is 0. The minimum atomic E-state index is -0.287. The molecule has 1 aliphatic rings. The van der Waals surface area contributed by atoms with Crippen molar-refractivity contribution in [1.29, 1.82) is 0 Å². The number of carbonyl (C=O) groups excluding carboxylic acids is 1. The average molecular weight is 249 g/mol. The Kier molecular flexibility index (Phi) is 3.97. The molecule has 4 heteroatoms. The van der Waals surface area contributed by atoms with E-state index in [2.05, 4.69) is 4.98 Å². The third kappa shape index (κ3) is 2.38. The number of methoxy groups -OCH3 is 1. The molecule has 2 rings (SSSR count). The predicted molar refractivity (Wildman–Crippen MR) is 67.6 cm³/mol. The standard InChI is InChI=1S/C14H19NO3/c1-4-18-14(16)11-8-10-6-5-7-12(17-3)13(10)15-9(11)2/h8,12H,4-7H2,1-3H3. The Labute approximate surface area is 107 Å². The third-order valence-corrected chi connectivity index (χ3v) is 3.32. The summed E-state index contributed by atoms with van der Waals surface area (Å²) in [6.45, 7) is 4.03. The van der Waals surface area contributed by atoms with Gasteiger partial charge < -0.3 is 9.47 Å². The second-order valence-corrected chi connectivity index (χ2v) is 4.50. The van der Waals surface area contributed by atoms with Gasteiger partial charge in [0, 0.05) is 7.11 Å². The third-order valence-electron chi connectivity index (χ3n) is 3.32. The maximum Gasteiger partial charge on any atom is 0.339 e. The van der Waals surface area contributed by atoms with Crippen LogP contribution in [0.3, 0.4) is 0 Å². The van der Waals surface area contributed by atoms with Gasteiger partial charge in [-0.1, -0.05) is 0 Å². The highest BCUT2D eigenvalue weighted by Crippen LogP contribution is 2.31. The van der Waals surface area contributed by atoms with E-state index in [0.717, 1.165) is 36.2 Å². The summed E-state index contributed by atoms with van der Waals surface area (Å²) in [5.41, 5.74) is 3.39. The number of hydrogen-bond donors (Lipinski definition) is 0. The molecule has 0 saturated heterocycles. The first-order valence-electron chi connectivity index (χ1n) is 6.37. The van der Waals surface area contributed by atoms with E-state index >= 15 is 0 Å². The van der Waals surface area contributed by atoms with E-state index in [1.54, 1.807) is 14.0 Å². The lowest BCUT2D eigenvalue weighted by Crippen LogP contribution is -2.17. The molecule has 0 fully saturated rings. The number of ether oxygens (including phenoxy) is 2. The van der Waals surface area contributed by atoms with Crippen LogP contribution in [0.5, 0.6) is 0 Å². The van der Waals surface area contributed by atoms with Crippen molar-refractivity contribution in [2.75, 3.05) is 13.7 Å². The molecule has 0 N–H and O–H groups in total. The SMILES string of the molecule is CCOC(=O)c1cc2c(nc1C)C(OC)CCC2. The zero-order valence-corrected chi connectivity index (χ0v) is 11.2. The normalized spacial score (nSPS) is 18.3. The van der Waals surface area contributed by atoms with Gasteiger partial charge in [0.1, 0.15) is 0 Å². The number of aromatic nitrogens is 1. The van der Waals surface area contributed by atoms with Crippen molar-refractivity contribution in [2.24, 2.45) is 0 Å². The maximum atomic E-state index is 11.8. The first-order valence-corrected chi connectivity index (χ1v) is 6.37. The highest BCUT2D eigenvalue weighted by Gasteiger charge is 2.24. The van der Waals surface area contributed by atoms with Crippen molar-refractivity contribution in [3.63, 3.8) is 0 Å². The Morgan fingerprint density at radius 1 is 1.56 bits per heavy atom. The number of fused-ring (bicyclic) bond motifs is 1. The fourth-order valence-corrected chi connectivity index (χ4v) is 2.40. The smallest absolute Gasteiger partial charge is 0.339 e. The molecule has 0 aromatic carbocycles. The molecule has 1 aromatic heterocycles. The van der Waals surface area contributed by atoms with Crippen LogP contribution in [0.4, 0.5) is 0 Å². The van der Waals surface area contributed by atoms with E-state index in [0.29, 0.717) is 12.2 Å². The molecule has 0 radical (unpaired) electrons. The number of rotatable bonds is 3. The molecule has 0 aliphatic heterocycles. The van der Waals surface area contributed by atoms with Gasteiger partial charge in [0.25, 0.3) is 0 Å². The first kappa shape index (κ1) is 13.0. The van der Waals surface area contributed by atoms with Gasteiger partial charge in [-0.2, -0.15) is 0 Å². The summed E-state index contributed by atoms with van der Waals surface area (Å²) < 4.78 is 10.5. The van der Waals surface area contributed by atoms with Gasteiger partial charge in [0.15, 0.2) is 0 Å². The van der Waals surface area contributed by atoms with Crippen molar-refractivity contribution in [3.8, 4) is 0 Å². The van der Waals surface area contributed by atoms with Crippen LogP contribution in [-0.2, 0) is 15.9 Å². The minimum absolute atomic E-state index is 0.0590. The summed E-state index contributed by atoms with van der Waals surface area (Å²) in [6, 6.07) is 1.92. The van der Waals surface area contributed by atoms with E-state index in [-0.39, 0.29) is 12.1 Å². The van der Waals surface area contributed by atoms with Crippen molar-refractivity contribution in [2.45, 2.75) is 39.2 Å². The minimum Gasteiger partial charge on any atom is -0.462 e. The average Bonchev–Trinajstić information content (AvgIpc) is 2.37. The lowest BCUT2D eigenvalue weighted by molar-refractivity contribution is 0.0523. The van der Waals surface area contributed by atoms with Gasteiger partial charge in [0.2, 0.25) is 0 Å². The number of nitrogens with zero attached hydrogens (tertiary/aromatic N) is 1. The van der Waals surface area contributed by atoms with Crippen LogP contribution in [0.1, 0.15) is 53.2 Å². The van der Waals surface area contributed by atoms with Gasteiger partial charge in [-0.05, 0) is 44.7 Å². The number of esters is 1.